The smallest absolute Gasteiger partial charge is 0.235 e. The van der Waals surface area contributed by atoms with Crippen LogP contribution in [0.5, 0.6) is 5.88 Å². The number of hydrogen-bond acceptors (Lipinski definition) is 5. The summed E-state index contributed by atoms with van der Waals surface area (Å²) in [4.78, 5) is 8.75. The fourth-order valence-electron chi connectivity index (χ4n) is 3.72. The van der Waals surface area contributed by atoms with Crippen molar-refractivity contribution in [3.63, 3.8) is 0 Å². The van der Waals surface area contributed by atoms with Crippen LogP contribution in [0.1, 0.15) is 16.5 Å². The molecule has 1 fully saturated rings. The van der Waals surface area contributed by atoms with Gasteiger partial charge in [0.2, 0.25) is 10.8 Å². The van der Waals surface area contributed by atoms with Crippen LogP contribution in [0, 0.1) is 0 Å². The molecule has 3 heterocycles. The lowest BCUT2D eigenvalue weighted by Crippen LogP contribution is -3.28. The van der Waals surface area contributed by atoms with Gasteiger partial charge in [0.15, 0.2) is 6.04 Å². The van der Waals surface area contributed by atoms with Crippen molar-refractivity contribution in [1.29, 1.82) is 0 Å². The highest BCUT2D eigenvalue weighted by Crippen LogP contribution is 2.34. The number of aromatic nitrogens is 3. The summed E-state index contributed by atoms with van der Waals surface area (Å²) in [7, 11) is 0. The second-order valence-corrected chi connectivity index (χ2v) is 7.48. The molecule has 4 N–H and O–H groups in total. The Balaban J connectivity index is 1.68. The topological polar surface area (TPSA) is 79.5 Å². The number of thiazole rings is 1. The first kappa shape index (κ1) is 16.5. The molecule has 0 unspecified atom stereocenters. The standard InChI is InChI=1S/C17H21N5O2S/c23-11-10-20-6-8-21(9-7-20)14(13-4-2-1-3-5-13)15-16(24)22-17(25-15)18-12-19-22/h1-5,12,14,23-24H,6-11H2/p+2/t14-/m1/s1. The summed E-state index contributed by atoms with van der Waals surface area (Å²) in [5, 5.41) is 24.0. The predicted molar refractivity (Wildman–Crippen MR) is 94.2 cm³/mol. The van der Waals surface area contributed by atoms with E-state index in [1.54, 1.807) is 0 Å². The number of nitrogens with zero attached hydrogens (tertiary/aromatic N) is 3. The van der Waals surface area contributed by atoms with Crippen LogP contribution in [0.3, 0.4) is 0 Å². The number of aliphatic hydroxyl groups excluding tert-OH is 1. The van der Waals surface area contributed by atoms with Gasteiger partial charge in [0.05, 0.1) is 6.61 Å². The molecule has 1 aromatic carbocycles. The highest BCUT2D eigenvalue weighted by Gasteiger charge is 2.35. The summed E-state index contributed by atoms with van der Waals surface area (Å²) in [6.07, 6.45) is 1.47. The Kier molecular flexibility index (Phi) is 4.67. The molecule has 25 heavy (non-hydrogen) atoms. The Morgan fingerprint density at radius 3 is 2.60 bits per heavy atom. The first-order chi connectivity index (χ1) is 12.3. The Labute approximate surface area is 149 Å². The number of hydrogen-bond donors (Lipinski definition) is 4. The molecule has 2 aromatic heterocycles. The molecule has 0 bridgehead atoms. The third-order valence-electron chi connectivity index (χ3n) is 5.01. The summed E-state index contributed by atoms with van der Waals surface area (Å²) < 4.78 is 1.52. The molecule has 1 atom stereocenters. The van der Waals surface area contributed by atoms with Gasteiger partial charge in [-0.1, -0.05) is 41.7 Å². The highest BCUT2D eigenvalue weighted by atomic mass is 32.1. The second-order valence-electron chi connectivity index (χ2n) is 6.47. The van der Waals surface area contributed by atoms with Crippen molar-refractivity contribution in [2.24, 2.45) is 0 Å². The Morgan fingerprint density at radius 1 is 1.16 bits per heavy atom. The number of aliphatic hydroxyl groups is 1. The number of piperazine rings is 1. The van der Waals surface area contributed by atoms with Crippen molar-refractivity contribution in [2.45, 2.75) is 6.04 Å². The van der Waals surface area contributed by atoms with Gasteiger partial charge in [-0.2, -0.15) is 9.61 Å². The number of quaternary nitrogens is 2. The average molecular weight is 361 g/mol. The normalized spacial score (nSPS) is 22.3. The van der Waals surface area contributed by atoms with Crippen LogP contribution in [0.2, 0.25) is 0 Å². The van der Waals surface area contributed by atoms with Crippen LogP contribution in [0.25, 0.3) is 4.96 Å². The second kappa shape index (κ2) is 7.09. The van der Waals surface area contributed by atoms with Gasteiger partial charge in [-0.15, -0.1) is 0 Å². The number of rotatable bonds is 5. The van der Waals surface area contributed by atoms with Crippen molar-refractivity contribution in [3.05, 3.63) is 47.1 Å². The fourth-order valence-corrected chi connectivity index (χ4v) is 4.84. The van der Waals surface area contributed by atoms with E-state index in [1.807, 2.05) is 18.2 Å². The minimum atomic E-state index is 0.0744. The zero-order valence-corrected chi connectivity index (χ0v) is 14.7. The summed E-state index contributed by atoms with van der Waals surface area (Å²) in [6.45, 7) is 5.11. The molecule has 0 spiro atoms. The van der Waals surface area contributed by atoms with E-state index in [0.717, 1.165) is 42.6 Å². The van der Waals surface area contributed by atoms with Gasteiger partial charge >= 0.3 is 0 Å². The fraction of sp³-hybridized carbons (Fsp3) is 0.412. The minimum absolute atomic E-state index is 0.0744. The molecular formula is C17H23N5O2S+2. The van der Waals surface area contributed by atoms with E-state index in [9.17, 15) is 5.11 Å². The number of nitrogens with one attached hydrogen (secondary N) is 2. The molecule has 0 radical (unpaired) electrons. The third kappa shape index (κ3) is 3.13. The number of fused-ring (bicyclic) bond motifs is 1. The zero-order chi connectivity index (χ0) is 17.2. The monoisotopic (exact) mass is 361 g/mol. The quantitative estimate of drug-likeness (QED) is 0.440. The van der Waals surface area contributed by atoms with Gasteiger partial charge < -0.3 is 20.0 Å². The van der Waals surface area contributed by atoms with Crippen LogP contribution in [-0.2, 0) is 0 Å². The lowest BCUT2D eigenvalue weighted by atomic mass is 10.0. The van der Waals surface area contributed by atoms with Crippen LogP contribution in [0.4, 0.5) is 0 Å². The van der Waals surface area contributed by atoms with Gasteiger partial charge in [-0.3, -0.25) is 0 Å². The van der Waals surface area contributed by atoms with Crippen LogP contribution in [0.15, 0.2) is 36.7 Å². The van der Waals surface area contributed by atoms with Crippen LogP contribution in [-0.4, -0.2) is 64.1 Å². The molecule has 0 amide bonds. The molecule has 7 nitrogen and oxygen atoms in total. The van der Waals surface area contributed by atoms with E-state index >= 15 is 0 Å². The lowest BCUT2D eigenvalue weighted by molar-refractivity contribution is -1.02. The molecule has 0 aliphatic carbocycles. The van der Waals surface area contributed by atoms with Gasteiger partial charge in [0, 0.05) is 5.56 Å². The molecule has 132 valence electrons. The molecule has 0 saturated carbocycles. The molecule has 1 saturated heterocycles. The summed E-state index contributed by atoms with van der Waals surface area (Å²) in [6, 6.07) is 10.4. The minimum Gasteiger partial charge on any atom is -0.492 e. The molecule has 4 rings (SSSR count). The third-order valence-corrected chi connectivity index (χ3v) is 6.11. The lowest BCUT2D eigenvalue weighted by Gasteiger charge is -2.34. The van der Waals surface area contributed by atoms with Crippen LogP contribution < -0.4 is 9.80 Å². The van der Waals surface area contributed by atoms with Crippen molar-refractivity contribution < 1.29 is 20.0 Å². The van der Waals surface area contributed by atoms with Crippen LogP contribution >= 0.6 is 11.3 Å². The molecular weight excluding hydrogens is 338 g/mol. The van der Waals surface area contributed by atoms with Gasteiger partial charge in [-0.05, 0) is 0 Å². The van der Waals surface area contributed by atoms with Crippen molar-refractivity contribution in [1.82, 2.24) is 14.6 Å². The first-order valence-electron chi connectivity index (χ1n) is 8.63. The predicted octanol–water partition coefficient (Wildman–Crippen LogP) is -1.64. The maximum atomic E-state index is 10.7. The SMILES string of the molecule is OCC[NH+]1CC[NH+]([C@H](c2ccccc2)c2sc3ncnn3c2O)CC1. The van der Waals surface area contributed by atoms with E-state index in [2.05, 4.69) is 22.2 Å². The molecule has 1 aliphatic heterocycles. The van der Waals surface area contributed by atoms with E-state index in [-0.39, 0.29) is 18.5 Å². The molecule has 3 aromatic rings. The Bertz CT molecular complexity index is 826. The van der Waals surface area contributed by atoms with Crippen molar-refractivity contribution in [3.8, 4) is 5.88 Å². The summed E-state index contributed by atoms with van der Waals surface area (Å²) in [5.74, 6) is 0.198. The average Bonchev–Trinajstić information content (AvgIpc) is 3.22. The van der Waals surface area contributed by atoms with Crippen molar-refractivity contribution >= 4 is 16.3 Å². The van der Waals surface area contributed by atoms with Crippen molar-refractivity contribution in [2.75, 3.05) is 39.3 Å². The molecule has 8 heteroatoms. The van der Waals surface area contributed by atoms with E-state index < -0.39 is 0 Å². The summed E-state index contributed by atoms with van der Waals surface area (Å²) in [5.41, 5.74) is 1.20. The van der Waals surface area contributed by atoms with Gasteiger partial charge in [0.25, 0.3) is 0 Å². The Hall–Kier alpha value is -2.00. The summed E-state index contributed by atoms with van der Waals surface area (Å²) >= 11 is 1.51. The maximum Gasteiger partial charge on any atom is 0.235 e. The molecule has 1 aliphatic rings. The van der Waals surface area contributed by atoms with Gasteiger partial charge in [-0.25, -0.2) is 4.98 Å². The number of aromatic hydroxyl groups is 1. The number of benzene rings is 1. The highest BCUT2D eigenvalue weighted by molar-refractivity contribution is 7.17. The van der Waals surface area contributed by atoms with E-state index in [4.69, 9.17) is 5.11 Å². The Morgan fingerprint density at radius 2 is 1.92 bits per heavy atom. The largest absolute Gasteiger partial charge is 0.492 e. The van der Waals surface area contributed by atoms with E-state index in [1.165, 1.54) is 37.5 Å². The first-order valence-corrected chi connectivity index (χ1v) is 9.45. The van der Waals surface area contributed by atoms with Gasteiger partial charge in [0.1, 0.15) is 43.9 Å². The maximum absolute atomic E-state index is 10.7. The zero-order valence-electron chi connectivity index (χ0n) is 13.9. The van der Waals surface area contributed by atoms with E-state index in [0.29, 0.717) is 0 Å².